The van der Waals surface area contributed by atoms with Crippen LogP contribution in [0.4, 0.5) is 0 Å². The summed E-state index contributed by atoms with van der Waals surface area (Å²) < 4.78 is 5.63. The van der Waals surface area contributed by atoms with Crippen molar-refractivity contribution in [3.05, 3.63) is 35.5 Å². The minimum atomic E-state index is -1.10. The predicted molar refractivity (Wildman–Crippen MR) is 90.5 cm³/mol. The molecule has 2 aliphatic heterocycles. The quantitative estimate of drug-likeness (QED) is 0.621. The molecule has 2 aromatic rings. The molecule has 1 amide bonds. The molecule has 2 atom stereocenters. The van der Waals surface area contributed by atoms with Gasteiger partial charge in [0.25, 0.3) is 5.22 Å². The standard InChI is InChI=1S/C15H13N3O4S2/c16-10-12(19)18-11(14(20)21)7(5-23-13(10)18)6-24-15-17-8-3-1-2-4-9(8)22-15/h1-4,10,13H,5-6,16H2,(H,20,21)/t10?,13-/m1/s1. The minimum Gasteiger partial charge on any atom is -0.477 e. The van der Waals surface area contributed by atoms with E-state index in [-0.39, 0.29) is 17.0 Å². The van der Waals surface area contributed by atoms with E-state index in [1.54, 1.807) is 0 Å². The largest absolute Gasteiger partial charge is 0.477 e. The smallest absolute Gasteiger partial charge is 0.352 e. The number of amides is 1. The van der Waals surface area contributed by atoms with Crippen molar-refractivity contribution in [2.24, 2.45) is 5.73 Å². The number of nitrogens with zero attached hydrogens (tertiary/aromatic N) is 2. The van der Waals surface area contributed by atoms with Crippen molar-refractivity contribution in [3.8, 4) is 0 Å². The van der Waals surface area contributed by atoms with Gasteiger partial charge >= 0.3 is 5.97 Å². The molecule has 4 rings (SSSR count). The monoisotopic (exact) mass is 363 g/mol. The number of thioether (sulfide) groups is 2. The Balaban J connectivity index is 1.58. The number of aliphatic carboxylic acids is 1. The van der Waals surface area contributed by atoms with Crippen molar-refractivity contribution in [2.45, 2.75) is 16.6 Å². The normalized spacial score (nSPS) is 23.4. The first-order valence-electron chi connectivity index (χ1n) is 7.20. The fourth-order valence-electron chi connectivity index (χ4n) is 2.75. The van der Waals surface area contributed by atoms with Crippen molar-refractivity contribution >= 4 is 46.5 Å². The highest BCUT2D eigenvalue weighted by Crippen LogP contribution is 2.40. The van der Waals surface area contributed by atoms with Gasteiger partial charge in [-0.3, -0.25) is 9.69 Å². The third-order valence-corrected chi connectivity index (χ3v) is 6.21. The minimum absolute atomic E-state index is 0.0501. The summed E-state index contributed by atoms with van der Waals surface area (Å²) in [5, 5.41) is 9.70. The van der Waals surface area contributed by atoms with E-state index >= 15 is 0 Å². The molecule has 1 unspecified atom stereocenters. The molecule has 1 aromatic carbocycles. The molecule has 1 saturated heterocycles. The van der Waals surface area contributed by atoms with Gasteiger partial charge in [-0.05, 0) is 17.7 Å². The number of carbonyl (C=O) groups is 2. The second kappa shape index (κ2) is 5.83. The zero-order chi connectivity index (χ0) is 16.8. The molecular weight excluding hydrogens is 350 g/mol. The Labute approximate surface area is 145 Å². The number of benzene rings is 1. The van der Waals surface area contributed by atoms with Crippen LogP contribution in [0, 0.1) is 0 Å². The summed E-state index contributed by atoms with van der Waals surface area (Å²) in [6.45, 7) is 0. The number of oxazole rings is 1. The Bertz CT molecular complexity index is 845. The number of rotatable bonds is 4. The average Bonchev–Trinajstić information content (AvgIpc) is 3.01. The Hall–Kier alpha value is -1.97. The van der Waals surface area contributed by atoms with E-state index in [0.29, 0.717) is 27.9 Å². The molecule has 0 bridgehead atoms. The van der Waals surface area contributed by atoms with Gasteiger partial charge in [-0.2, -0.15) is 0 Å². The first-order chi connectivity index (χ1) is 11.6. The number of aromatic nitrogens is 1. The van der Waals surface area contributed by atoms with E-state index < -0.39 is 12.0 Å². The lowest BCUT2D eigenvalue weighted by molar-refractivity contribution is -0.147. The lowest BCUT2D eigenvalue weighted by Crippen LogP contribution is -2.68. The molecule has 3 heterocycles. The van der Waals surface area contributed by atoms with E-state index in [9.17, 15) is 14.7 Å². The fourth-order valence-corrected chi connectivity index (χ4v) is 5.02. The van der Waals surface area contributed by atoms with E-state index in [1.165, 1.54) is 28.4 Å². The molecule has 9 heteroatoms. The summed E-state index contributed by atoms with van der Waals surface area (Å²) in [7, 11) is 0. The molecule has 0 aliphatic carbocycles. The van der Waals surface area contributed by atoms with Gasteiger partial charge in [0.2, 0.25) is 5.91 Å². The van der Waals surface area contributed by atoms with Crippen molar-refractivity contribution in [3.63, 3.8) is 0 Å². The summed E-state index contributed by atoms with van der Waals surface area (Å²) >= 11 is 2.81. The van der Waals surface area contributed by atoms with Crippen LogP contribution in [0.25, 0.3) is 11.1 Å². The number of carboxylic acids is 1. The number of hydrogen-bond acceptors (Lipinski definition) is 7. The number of carboxylic acid groups (broad SMARTS) is 1. The molecule has 2 aliphatic rings. The summed E-state index contributed by atoms with van der Waals surface area (Å²) in [5.41, 5.74) is 7.91. The van der Waals surface area contributed by atoms with Gasteiger partial charge in [-0.1, -0.05) is 23.9 Å². The molecule has 1 aromatic heterocycles. The van der Waals surface area contributed by atoms with Crippen LogP contribution in [0.5, 0.6) is 0 Å². The van der Waals surface area contributed by atoms with Crippen LogP contribution in [-0.4, -0.2) is 49.8 Å². The summed E-state index contributed by atoms with van der Waals surface area (Å²) in [6.07, 6.45) is 0. The van der Waals surface area contributed by atoms with Crippen LogP contribution < -0.4 is 5.73 Å². The average molecular weight is 363 g/mol. The van der Waals surface area contributed by atoms with E-state index in [2.05, 4.69) is 4.98 Å². The fraction of sp³-hybridized carbons (Fsp3) is 0.267. The number of β-lactam (4-membered cyclic amide) rings is 1. The maximum atomic E-state index is 11.9. The number of nitrogens with two attached hydrogens (primary N) is 1. The third-order valence-electron chi connectivity index (χ3n) is 3.94. The summed E-state index contributed by atoms with van der Waals surface area (Å²) in [4.78, 5) is 29.2. The van der Waals surface area contributed by atoms with Gasteiger partial charge in [-0.25, -0.2) is 9.78 Å². The molecule has 7 nitrogen and oxygen atoms in total. The van der Waals surface area contributed by atoms with Gasteiger partial charge in [0.15, 0.2) is 5.58 Å². The van der Waals surface area contributed by atoms with Gasteiger partial charge in [0.1, 0.15) is 22.6 Å². The topological polar surface area (TPSA) is 110 Å². The van der Waals surface area contributed by atoms with Crippen LogP contribution in [-0.2, 0) is 9.59 Å². The highest BCUT2D eigenvalue weighted by atomic mass is 32.2. The molecule has 0 saturated carbocycles. The van der Waals surface area contributed by atoms with E-state index in [4.69, 9.17) is 10.2 Å². The van der Waals surface area contributed by atoms with Crippen LogP contribution in [0.15, 0.2) is 45.2 Å². The molecule has 3 N–H and O–H groups in total. The van der Waals surface area contributed by atoms with Crippen LogP contribution >= 0.6 is 23.5 Å². The highest BCUT2D eigenvalue weighted by molar-refractivity contribution is 8.01. The van der Waals surface area contributed by atoms with Crippen LogP contribution in [0.3, 0.4) is 0 Å². The second-order valence-corrected chi connectivity index (χ2v) is 7.46. The van der Waals surface area contributed by atoms with E-state index in [0.717, 1.165) is 5.52 Å². The van der Waals surface area contributed by atoms with Crippen LogP contribution in [0.1, 0.15) is 0 Å². The number of fused-ring (bicyclic) bond motifs is 2. The Morgan fingerprint density at radius 2 is 2.29 bits per heavy atom. The Morgan fingerprint density at radius 3 is 3.04 bits per heavy atom. The number of carbonyl (C=O) groups excluding carboxylic acids is 1. The maximum Gasteiger partial charge on any atom is 0.352 e. The van der Waals surface area contributed by atoms with Gasteiger partial charge in [0.05, 0.1) is 0 Å². The maximum absolute atomic E-state index is 11.9. The Kier molecular flexibility index (Phi) is 3.78. The lowest BCUT2D eigenvalue weighted by Gasteiger charge is -2.48. The zero-order valence-corrected chi connectivity index (χ0v) is 14.0. The Morgan fingerprint density at radius 1 is 1.50 bits per heavy atom. The van der Waals surface area contributed by atoms with Gasteiger partial charge in [0, 0.05) is 11.5 Å². The van der Waals surface area contributed by atoms with E-state index in [1.807, 2.05) is 24.3 Å². The molecule has 24 heavy (non-hydrogen) atoms. The SMILES string of the molecule is NC1C(=O)N2C(C(=O)O)=C(CSc3nc4ccccc4o3)CS[C@H]12. The number of hydrogen-bond donors (Lipinski definition) is 2. The predicted octanol–water partition coefficient (Wildman–Crippen LogP) is 1.50. The summed E-state index contributed by atoms with van der Waals surface area (Å²) in [5.74, 6) is -0.521. The van der Waals surface area contributed by atoms with Crippen molar-refractivity contribution in [2.75, 3.05) is 11.5 Å². The first kappa shape index (κ1) is 15.6. The molecule has 0 spiro atoms. The highest BCUT2D eigenvalue weighted by Gasteiger charge is 2.51. The zero-order valence-electron chi connectivity index (χ0n) is 12.3. The molecule has 0 radical (unpaired) electrons. The third kappa shape index (κ3) is 2.40. The molecule has 1 fully saturated rings. The number of para-hydroxylation sites is 2. The summed E-state index contributed by atoms with van der Waals surface area (Å²) in [6, 6.07) is 6.81. The van der Waals surface area contributed by atoms with Crippen molar-refractivity contribution < 1.29 is 19.1 Å². The molecular formula is C15H13N3O4S2. The van der Waals surface area contributed by atoms with Crippen molar-refractivity contribution in [1.82, 2.24) is 9.88 Å². The van der Waals surface area contributed by atoms with Gasteiger partial charge in [-0.15, -0.1) is 11.8 Å². The first-order valence-corrected chi connectivity index (χ1v) is 9.23. The van der Waals surface area contributed by atoms with Gasteiger partial charge < -0.3 is 15.3 Å². The van der Waals surface area contributed by atoms with Crippen LogP contribution in [0.2, 0.25) is 0 Å². The lowest BCUT2D eigenvalue weighted by atomic mass is 10.0. The van der Waals surface area contributed by atoms with Crippen molar-refractivity contribution in [1.29, 1.82) is 0 Å². The molecule has 124 valence electrons. The second-order valence-electron chi connectivity index (χ2n) is 5.43.